The van der Waals surface area contributed by atoms with E-state index in [4.69, 9.17) is 10.8 Å². The summed E-state index contributed by atoms with van der Waals surface area (Å²) in [6, 6.07) is 12.8. The normalized spacial score (nSPS) is 10.3. The molecule has 120 valence electrons. The molecular weight excluding hydrogens is 302 g/mol. The SMILES string of the molecule is C#Cc1cccc(N(Cc2ccco2)C(=O)Cc2ccn(C)n2)c1. The lowest BCUT2D eigenvalue weighted by Crippen LogP contribution is -2.31. The molecule has 0 aliphatic rings. The first-order valence-corrected chi connectivity index (χ1v) is 7.53. The Morgan fingerprint density at radius 3 is 2.88 bits per heavy atom. The number of aromatic nitrogens is 2. The van der Waals surface area contributed by atoms with Crippen molar-refractivity contribution in [2.75, 3.05) is 4.90 Å². The summed E-state index contributed by atoms with van der Waals surface area (Å²) in [5, 5.41) is 4.27. The molecule has 0 unspecified atom stereocenters. The molecule has 0 bridgehead atoms. The number of hydrogen-bond donors (Lipinski definition) is 0. The van der Waals surface area contributed by atoms with Gasteiger partial charge >= 0.3 is 0 Å². The zero-order valence-corrected chi connectivity index (χ0v) is 13.3. The predicted octanol–water partition coefficient (Wildman–Crippen LogP) is 2.77. The van der Waals surface area contributed by atoms with Crippen molar-refractivity contribution in [3.8, 4) is 12.3 Å². The van der Waals surface area contributed by atoms with E-state index in [1.54, 1.807) is 21.9 Å². The van der Waals surface area contributed by atoms with Gasteiger partial charge in [0.1, 0.15) is 5.76 Å². The number of benzene rings is 1. The Morgan fingerprint density at radius 1 is 1.33 bits per heavy atom. The Morgan fingerprint density at radius 2 is 2.21 bits per heavy atom. The topological polar surface area (TPSA) is 51.3 Å². The average molecular weight is 319 g/mol. The second kappa shape index (κ2) is 6.88. The molecule has 0 aliphatic carbocycles. The molecule has 5 nitrogen and oxygen atoms in total. The van der Waals surface area contributed by atoms with E-state index >= 15 is 0 Å². The van der Waals surface area contributed by atoms with Gasteiger partial charge in [-0.15, -0.1) is 6.42 Å². The fraction of sp³-hybridized carbons (Fsp3) is 0.158. The molecule has 0 aliphatic heterocycles. The number of aryl methyl sites for hydroxylation is 1. The minimum Gasteiger partial charge on any atom is -0.467 e. The second-order valence-corrected chi connectivity index (χ2v) is 5.41. The number of amides is 1. The molecule has 0 N–H and O–H groups in total. The highest BCUT2D eigenvalue weighted by atomic mass is 16.3. The van der Waals surface area contributed by atoms with E-state index in [0.29, 0.717) is 12.3 Å². The smallest absolute Gasteiger partial charge is 0.233 e. The summed E-state index contributed by atoms with van der Waals surface area (Å²) in [5.41, 5.74) is 2.19. The Bertz CT molecular complexity index is 872. The fourth-order valence-electron chi connectivity index (χ4n) is 2.45. The summed E-state index contributed by atoms with van der Waals surface area (Å²) >= 11 is 0. The van der Waals surface area contributed by atoms with Crippen molar-refractivity contribution in [1.29, 1.82) is 0 Å². The van der Waals surface area contributed by atoms with E-state index in [9.17, 15) is 4.79 Å². The number of carbonyl (C=O) groups is 1. The summed E-state index contributed by atoms with van der Waals surface area (Å²) in [7, 11) is 1.82. The molecule has 0 saturated carbocycles. The molecule has 3 rings (SSSR count). The van der Waals surface area contributed by atoms with Crippen LogP contribution in [0.1, 0.15) is 17.0 Å². The number of furan rings is 1. The Labute approximate surface area is 140 Å². The van der Waals surface area contributed by atoms with Gasteiger partial charge in [-0.05, 0) is 36.4 Å². The van der Waals surface area contributed by atoms with Gasteiger partial charge in [-0.3, -0.25) is 9.48 Å². The van der Waals surface area contributed by atoms with Crippen LogP contribution in [-0.2, 0) is 24.8 Å². The van der Waals surface area contributed by atoms with Crippen LogP contribution in [0.25, 0.3) is 0 Å². The van der Waals surface area contributed by atoms with Crippen LogP contribution in [0.2, 0.25) is 0 Å². The zero-order valence-electron chi connectivity index (χ0n) is 13.3. The maximum atomic E-state index is 12.8. The lowest BCUT2D eigenvalue weighted by molar-refractivity contribution is -0.118. The first-order valence-electron chi connectivity index (χ1n) is 7.53. The average Bonchev–Trinajstić information content (AvgIpc) is 3.24. The molecule has 0 radical (unpaired) electrons. The molecule has 3 aromatic rings. The number of nitrogens with zero attached hydrogens (tertiary/aromatic N) is 3. The maximum Gasteiger partial charge on any atom is 0.233 e. The van der Waals surface area contributed by atoms with E-state index in [1.807, 2.05) is 49.6 Å². The highest BCUT2D eigenvalue weighted by Crippen LogP contribution is 2.20. The van der Waals surface area contributed by atoms with Crippen molar-refractivity contribution in [2.45, 2.75) is 13.0 Å². The Balaban J connectivity index is 1.88. The van der Waals surface area contributed by atoms with Crippen molar-refractivity contribution < 1.29 is 9.21 Å². The molecule has 24 heavy (non-hydrogen) atoms. The number of anilines is 1. The van der Waals surface area contributed by atoms with Crippen LogP contribution in [0.4, 0.5) is 5.69 Å². The third-order valence-corrected chi connectivity index (χ3v) is 3.62. The molecular formula is C19H17N3O2. The van der Waals surface area contributed by atoms with Crippen LogP contribution in [0.3, 0.4) is 0 Å². The van der Waals surface area contributed by atoms with E-state index in [0.717, 1.165) is 16.9 Å². The zero-order chi connectivity index (χ0) is 16.9. The van der Waals surface area contributed by atoms with Crippen molar-refractivity contribution >= 4 is 11.6 Å². The van der Waals surface area contributed by atoms with Crippen molar-refractivity contribution in [1.82, 2.24) is 9.78 Å². The number of hydrogen-bond acceptors (Lipinski definition) is 3. The maximum absolute atomic E-state index is 12.8. The molecule has 5 heteroatoms. The molecule has 2 heterocycles. The fourth-order valence-corrected chi connectivity index (χ4v) is 2.45. The molecule has 0 saturated heterocycles. The monoisotopic (exact) mass is 319 g/mol. The summed E-state index contributed by atoms with van der Waals surface area (Å²) in [6.07, 6.45) is 9.09. The highest BCUT2D eigenvalue weighted by Gasteiger charge is 2.19. The first kappa shape index (κ1) is 15.6. The summed E-state index contributed by atoms with van der Waals surface area (Å²) in [5.74, 6) is 3.23. The van der Waals surface area contributed by atoms with E-state index in [2.05, 4.69) is 11.0 Å². The van der Waals surface area contributed by atoms with Crippen LogP contribution in [-0.4, -0.2) is 15.7 Å². The highest BCUT2D eigenvalue weighted by molar-refractivity contribution is 5.94. The van der Waals surface area contributed by atoms with Crippen molar-refractivity contribution in [3.05, 3.63) is 71.9 Å². The minimum absolute atomic E-state index is 0.0701. The van der Waals surface area contributed by atoms with Gasteiger partial charge in [-0.25, -0.2) is 0 Å². The molecule has 0 fully saturated rings. The molecule has 1 aromatic carbocycles. The minimum atomic E-state index is -0.0701. The van der Waals surface area contributed by atoms with E-state index in [-0.39, 0.29) is 12.3 Å². The number of terminal acetylenes is 1. The number of rotatable bonds is 5. The summed E-state index contributed by atoms with van der Waals surface area (Å²) in [4.78, 5) is 14.5. The van der Waals surface area contributed by atoms with Gasteiger partial charge in [0, 0.05) is 24.5 Å². The van der Waals surface area contributed by atoms with Crippen LogP contribution in [0.5, 0.6) is 0 Å². The van der Waals surface area contributed by atoms with Crippen LogP contribution >= 0.6 is 0 Å². The Hall–Kier alpha value is -3.26. The third kappa shape index (κ3) is 3.55. The quantitative estimate of drug-likeness (QED) is 0.680. The lowest BCUT2D eigenvalue weighted by Gasteiger charge is -2.22. The van der Waals surface area contributed by atoms with Gasteiger partial charge in [0.2, 0.25) is 5.91 Å². The summed E-state index contributed by atoms with van der Waals surface area (Å²) in [6.45, 7) is 0.340. The number of carbonyl (C=O) groups excluding carboxylic acids is 1. The third-order valence-electron chi connectivity index (χ3n) is 3.62. The first-order chi connectivity index (χ1) is 11.7. The predicted molar refractivity (Wildman–Crippen MR) is 91.2 cm³/mol. The Kier molecular flexibility index (Phi) is 4.48. The van der Waals surface area contributed by atoms with Gasteiger partial charge in [0.25, 0.3) is 0 Å². The van der Waals surface area contributed by atoms with Gasteiger partial charge in [0.15, 0.2) is 0 Å². The largest absolute Gasteiger partial charge is 0.467 e. The summed E-state index contributed by atoms with van der Waals surface area (Å²) < 4.78 is 7.07. The van der Waals surface area contributed by atoms with Crippen LogP contribution in [0, 0.1) is 12.3 Å². The molecule has 2 aromatic heterocycles. The van der Waals surface area contributed by atoms with Gasteiger partial charge in [0.05, 0.1) is 24.9 Å². The second-order valence-electron chi connectivity index (χ2n) is 5.41. The lowest BCUT2D eigenvalue weighted by atomic mass is 10.1. The van der Waals surface area contributed by atoms with Crippen molar-refractivity contribution in [2.24, 2.45) is 7.05 Å². The molecule has 0 spiro atoms. The van der Waals surface area contributed by atoms with Gasteiger partial charge in [-0.2, -0.15) is 5.10 Å². The van der Waals surface area contributed by atoms with Gasteiger partial charge < -0.3 is 9.32 Å². The molecule has 0 atom stereocenters. The van der Waals surface area contributed by atoms with Crippen LogP contribution < -0.4 is 4.90 Å². The molecule has 1 amide bonds. The van der Waals surface area contributed by atoms with Crippen molar-refractivity contribution in [3.63, 3.8) is 0 Å². The van der Waals surface area contributed by atoms with Crippen LogP contribution in [0.15, 0.2) is 59.3 Å². The van der Waals surface area contributed by atoms with E-state index in [1.165, 1.54) is 0 Å². The van der Waals surface area contributed by atoms with Gasteiger partial charge in [-0.1, -0.05) is 12.0 Å². The van der Waals surface area contributed by atoms with E-state index < -0.39 is 0 Å². The standard InChI is InChI=1S/C19H17N3O2/c1-3-15-6-4-7-17(12-15)22(14-18-8-5-11-24-18)19(23)13-16-9-10-21(2)20-16/h1,4-12H,13-14H2,2H3.